The first-order chi connectivity index (χ1) is 11.7. The summed E-state index contributed by atoms with van der Waals surface area (Å²) in [6.07, 6.45) is 2.26. The van der Waals surface area contributed by atoms with Crippen LogP contribution in [0.15, 0.2) is 4.79 Å². The van der Waals surface area contributed by atoms with E-state index in [-0.39, 0.29) is 24.0 Å². The Morgan fingerprint density at radius 3 is 2.56 bits per heavy atom. The molecule has 2 heterocycles. The lowest BCUT2D eigenvalue weighted by Crippen LogP contribution is -2.53. The van der Waals surface area contributed by atoms with Crippen LogP contribution in [0.25, 0.3) is 0 Å². The summed E-state index contributed by atoms with van der Waals surface area (Å²) in [7, 11) is 4.67. The van der Waals surface area contributed by atoms with Crippen molar-refractivity contribution in [1.82, 2.24) is 24.6 Å². The van der Waals surface area contributed by atoms with Crippen molar-refractivity contribution in [2.45, 2.75) is 51.3 Å². The number of carbonyl (C=O) groups is 2. The van der Waals surface area contributed by atoms with E-state index in [1.807, 2.05) is 0 Å². The second kappa shape index (κ2) is 7.38. The van der Waals surface area contributed by atoms with Gasteiger partial charge in [-0.2, -0.15) is 5.10 Å². The van der Waals surface area contributed by atoms with E-state index in [0.29, 0.717) is 18.8 Å². The van der Waals surface area contributed by atoms with Crippen LogP contribution in [-0.4, -0.2) is 56.4 Å². The molecule has 0 radical (unpaired) electrons. The Morgan fingerprint density at radius 1 is 1.32 bits per heavy atom. The summed E-state index contributed by atoms with van der Waals surface area (Å²) in [5.74, 6) is 0.0429. The number of ether oxygens (including phenoxy) is 1. The van der Waals surface area contributed by atoms with Gasteiger partial charge in [-0.15, -0.1) is 0 Å². The summed E-state index contributed by atoms with van der Waals surface area (Å²) in [6, 6.07) is -0.592. The molecule has 2 rings (SSSR count). The molecule has 1 aliphatic heterocycles. The lowest BCUT2D eigenvalue weighted by Gasteiger charge is -2.28. The number of amides is 2. The van der Waals surface area contributed by atoms with Crippen molar-refractivity contribution >= 4 is 11.8 Å². The van der Waals surface area contributed by atoms with Gasteiger partial charge in [0.05, 0.1) is 6.54 Å². The number of methoxy groups -OCH3 is 1. The molecule has 0 aromatic carbocycles. The molecule has 1 aromatic heterocycles. The van der Waals surface area contributed by atoms with Crippen molar-refractivity contribution in [3.8, 4) is 0 Å². The van der Waals surface area contributed by atoms with Crippen molar-refractivity contribution < 1.29 is 14.3 Å². The number of nitrogens with zero attached hydrogens (tertiary/aromatic N) is 4. The first-order valence-electron chi connectivity index (χ1n) is 8.41. The van der Waals surface area contributed by atoms with E-state index in [9.17, 15) is 14.4 Å². The average molecular weight is 353 g/mol. The van der Waals surface area contributed by atoms with E-state index in [2.05, 4.69) is 10.4 Å². The van der Waals surface area contributed by atoms with Crippen molar-refractivity contribution in [2.75, 3.05) is 13.7 Å². The number of carbonyl (C=O) groups excluding carboxylic acids is 2. The van der Waals surface area contributed by atoms with Crippen LogP contribution < -0.4 is 11.0 Å². The van der Waals surface area contributed by atoms with Gasteiger partial charge >= 0.3 is 5.69 Å². The lowest BCUT2D eigenvalue weighted by atomic mass is 10.1. The van der Waals surface area contributed by atoms with Gasteiger partial charge in [0.1, 0.15) is 11.6 Å². The first-order valence-corrected chi connectivity index (χ1v) is 8.41. The number of aryl methyl sites for hydroxylation is 1. The average Bonchev–Trinajstić information content (AvgIpc) is 2.72. The zero-order valence-corrected chi connectivity index (χ0v) is 15.5. The Hall–Kier alpha value is -2.16. The molecule has 1 fully saturated rings. The van der Waals surface area contributed by atoms with Crippen LogP contribution in [-0.2, 0) is 35.0 Å². The monoisotopic (exact) mass is 353 g/mol. The summed E-state index contributed by atoms with van der Waals surface area (Å²) in [5.41, 5.74) is -1.23. The van der Waals surface area contributed by atoms with E-state index in [1.54, 1.807) is 32.8 Å². The predicted molar refractivity (Wildman–Crippen MR) is 90.7 cm³/mol. The van der Waals surface area contributed by atoms with Crippen molar-refractivity contribution in [2.24, 2.45) is 14.1 Å². The summed E-state index contributed by atoms with van der Waals surface area (Å²) in [6.45, 7) is 4.13. The molecule has 2 amide bonds. The molecule has 0 aliphatic carbocycles. The second-order valence-corrected chi connectivity index (χ2v) is 6.88. The van der Waals surface area contributed by atoms with Gasteiger partial charge in [-0.05, 0) is 33.1 Å². The molecule has 0 spiro atoms. The van der Waals surface area contributed by atoms with E-state index in [4.69, 9.17) is 4.74 Å². The Balaban J connectivity index is 2.14. The van der Waals surface area contributed by atoms with Gasteiger partial charge in [0.2, 0.25) is 5.91 Å². The third-order valence-corrected chi connectivity index (χ3v) is 4.69. The smallest absolute Gasteiger partial charge is 0.345 e. The highest BCUT2D eigenvalue weighted by Gasteiger charge is 2.34. The standard InChI is InChI=1S/C16H27N5O4/c1-16(2,25-5)14(23)17-11-8-6-7-9-21(13(11)22)10-12-18-20(4)15(24)19(12)3/h11H,6-10H2,1-5H3,(H,17,23). The zero-order chi connectivity index (χ0) is 18.8. The number of hydrogen-bond acceptors (Lipinski definition) is 5. The van der Waals surface area contributed by atoms with Gasteiger partial charge in [-0.3, -0.25) is 14.2 Å². The highest BCUT2D eigenvalue weighted by atomic mass is 16.5. The Bertz CT molecular complexity index is 706. The molecule has 1 unspecified atom stereocenters. The predicted octanol–water partition coefficient (Wildman–Crippen LogP) is -0.459. The maximum absolute atomic E-state index is 12.9. The zero-order valence-electron chi connectivity index (χ0n) is 15.5. The number of rotatable bonds is 5. The first kappa shape index (κ1) is 19.2. The fraction of sp³-hybridized carbons (Fsp3) is 0.750. The minimum atomic E-state index is -0.998. The molecule has 1 aliphatic rings. The Kier molecular flexibility index (Phi) is 5.66. The van der Waals surface area contributed by atoms with Crippen LogP contribution in [0.3, 0.4) is 0 Å². The topological polar surface area (TPSA) is 98.5 Å². The molecule has 0 bridgehead atoms. The van der Waals surface area contributed by atoms with E-state index in [1.165, 1.54) is 16.4 Å². The molecule has 0 saturated carbocycles. The van der Waals surface area contributed by atoms with E-state index >= 15 is 0 Å². The minimum absolute atomic E-state index is 0.157. The molecule has 1 atom stereocenters. The second-order valence-electron chi connectivity index (χ2n) is 6.88. The van der Waals surface area contributed by atoms with Gasteiger partial charge in [-0.1, -0.05) is 0 Å². The highest BCUT2D eigenvalue weighted by molar-refractivity contribution is 5.91. The Morgan fingerprint density at radius 2 is 2.00 bits per heavy atom. The quantitative estimate of drug-likeness (QED) is 0.772. The van der Waals surface area contributed by atoms with Crippen LogP contribution in [0.4, 0.5) is 0 Å². The van der Waals surface area contributed by atoms with Crippen molar-refractivity contribution in [3.05, 3.63) is 16.3 Å². The van der Waals surface area contributed by atoms with E-state index < -0.39 is 11.6 Å². The number of aromatic nitrogens is 3. The van der Waals surface area contributed by atoms with Gasteiger partial charge in [0.25, 0.3) is 5.91 Å². The third-order valence-electron chi connectivity index (χ3n) is 4.69. The maximum Gasteiger partial charge on any atom is 0.345 e. The van der Waals surface area contributed by atoms with Crippen LogP contribution in [0.2, 0.25) is 0 Å². The minimum Gasteiger partial charge on any atom is -0.369 e. The maximum atomic E-state index is 12.9. The molecule has 140 valence electrons. The summed E-state index contributed by atoms with van der Waals surface area (Å²) in [4.78, 5) is 38.6. The van der Waals surface area contributed by atoms with Gasteiger partial charge in [0, 0.05) is 27.7 Å². The SMILES string of the molecule is COC(C)(C)C(=O)NC1CCCCN(Cc2nn(C)c(=O)n2C)C1=O. The van der Waals surface area contributed by atoms with Crippen molar-refractivity contribution in [1.29, 1.82) is 0 Å². The van der Waals surface area contributed by atoms with Gasteiger partial charge < -0.3 is 15.0 Å². The van der Waals surface area contributed by atoms with Crippen LogP contribution >= 0.6 is 0 Å². The molecular formula is C16H27N5O4. The van der Waals surface area contributed by atoms with Crippen molar-refractivity contribution in [3.63, 3.8) is 0 Å². The molecule has 1 aromatic rings. The summed E-state index contributed by atoms with van der Waals surface area (Å²) in [5, 5.41) is 6.97. The van der Waals surface area contributed by atoms with E-state index in [0.717, 1.165) is 12.8 Å². The molecular weight excluding hydrogens is 326 g/mol. The molecule has 9 nitrogen and oxygen atoms in total. The summed E-state index contributed by atoms with van der Waals surface area (Å²) >= 11 is 0. The highest BCUT2D eigenvalue weighted by Crippen LogP contribution is 2.16. The normalized spacial score (nSPS) is 19.0. The number of hydrogen-bond donors (Lipinski definition) is 1. The van der Waals surface area contributed by atoms with Gasteiger partial charge in [-0.25, -0.2) is 9.48 Å². The molecule has 1 N–H and O–H groups in total. The fourth-order valence-electron chi connectivity index (χ4n) is 2.74. The molecule has 9 heteroatoms. The van der Waals surface area contributed by atoms with Crippen LogP contribution in [0.1, 0.15) is 38.9 Å². The van der Waals surface area contributed by atoms with Crippen LogP contribution in [0, 0.1) is 0 Å². The molecule has 1 saturated heterocycles. The van der Waals surface area contributed by atoms with Crippen LogP contribution in [0.5, 0.6) is 0 Å². The third kappa shape index (κ3) is 4.09. The lowest BCUT2D eigenvalue weighted by molar-refractivity contribution is -0.144. The largest absolute Gasteiger partial charge is 0.369 e. The fourth-order valence-corrected chi connectivity index (χ4v) is 2.74. The summed E-state index contributed by atoms with van der Waals surface area (Å²) < 4.78 is 7.85. The number of likely N-dealkylation sites (tertiary alicyclic amines) is 1. The molecule has 25 heavy (non-hydrogen) atoms. The van der Waals surface area contributed by atoms with Gasteiger partial charge in [0.15, 0.2) is 5.82 Å². The Labute approximate surface area is 146 Å². The number of nitrogens with one attached hydrogen (secondary N) is 1.